The molecule has 0 bridgehead atoms. The van der Waals surface area contributed by atoms with Crippen LogP contribution in [-0.2, 0) is 0 Å². The highest BCUT2D eigenvalue weighted by molar-refractivity contribution is 4.52. The molecule has 0 heterocycles. The molecule has 0 aromatic rings. The maximum absolute atomic E-state index is 3.80. The second-order valence-electron chi connectivity index (χ2n) is 2.23. The number of nitrogens with zero attached hydrogens (tertiary/aromatic N) is 1. The third-order valence-electron chi connectivity index (χ3n) is 1.62. The van der Waals surface area contributed by atoms with Gasteiger partial charge in [-0.3, -0.25) is 0 Å². The molecule has 0 spiro atoms. The average molecular weight is 128 g/mol. The fourth-order valence-corrected chi connectivity index (χ4v) is 0.875. The van der Waals surface area contributed by atoms with E-state index in [0.29, 0.717) is 0 Å². The average Bonchev–Trinajstić information content (AvgIpc) is 1.91. The molecule has 0 aromatic carbocycles. The third kappa shape index (κ3) is 4.46. The van der Waals surface area contributed by atoms with Crippen LogP contribution in [0.5, 0.6) is 0 Å². The molecular weight excluding hydrogens is 110 g/mol. The Morgan fingerprint density at radius 2 is 1.78 bits per heavy atom. The minimum atomic E-state index is 1.07. The van der Waals surface area contributed by atoms with Crippen molar-refractivity contribution in [2.75, 3.05) is 19.6 Å². The fraction of sp³-hybridized carbons (Fsp3) is 0.875. The van der Waals surface area contributed by atoms with Gasteiger partial charge < -0.3 is 4.90 Å². The highest BCUT2D eigenvalue weighted by Gasteiger charge is 1.94. The predicted molar refractivity (Wildman–Crippen MR) is 42.4 cm³/mol. The maximum atomic E-state index is 3.80. The Bertz CT molecular complexity index is 48.5. The maximum Gasteiger partial charge on any atom is -0.00190 e. The van der Waals surface area contributed by atoms with Crippen molar-refractivity contribution in [3.63, 3.8) is 0 Å². The zero-order chi connectivity index (χ0) is 7.11. The van der Waals surface area contributed by atoms with Crippen molar-refractivity contribution in [1.82, 2.24) is 4.90 Å². The minimum Gasteiger partial charge on any atom is -0.304 e. The first-order valence-corrected chi connectivity index (χ1v) is 3.86. The first kappa shape index (κ1) is 8.96. The molecule has 0 aliphatic heterocycles. The number of hydrogen-bond donors (Lipinski definition) is 0. The molecule has 9 heavy (non-hydrogen) atoms. The molecule has 55 valence electrons. The molecule has 1 radical (unpaired) electrons. The summed E-state index contributed by atoms with van der Waals surface area (Å²) in [6.07, 6.45) is 2.30. The van der Waals surface area contributed by atoms with E-state index in [-0.39, 0.29) is 0 Å². The van der Waals surface area contributed by atoms with Gasteiger partial charge in [0.15, 0.2) is 0 Å². The summed E-state index contributed by atoms with van der Waals surface area (Å²) in [6, 6.07) is 0. The predicted octanol–water partition coefficient (Wildman–Crippen LogP) is 1.94. The quantitative estimate of drug-likeness (QED) is 0.547. The molecule has 0 aliphatic carbocycles. The Morgan fingerprint density at radius 1 is 1.22 bits per heavy atom. The molecule has 0 N–H and O–H groups in total. The van der Waals surface area contributed by atoms with Crippen molar-refractivity contribution >= 4 is 0 Å². The molecule has 0 aliphatic rings. The second kappa shape index (κ2) is 6.09. The molecule has 0 fully saturated rings. The molecule has 0 unspecified atom stereocenters. The summed E-state index contributed by atoms with van der Waals surface area (Å²) in [5, 5.41) is 0. The number of rotatable bonds is 5. The van der Waals surface area contributed by atoms with Crippen molar-refractivity contribution in [2.24, 2.45) is 0 Å². The first-order valence-electron chi connectivity index (χ1n) is 3.86. The Morgan fingerprint density at radius 3 is 2.11 bits per heavy atom. The summed E-state index contributed by atoms with van der Waals surface area (Å²) in [6.45, 7) is 11.8. The fourth-order valence-electron chi connectivity index (χ4n) is 0.875. The van der Waals surface area contributed by atoms with Gasteiger partial charge in [-0.1, -0.05) is 27.2 Å². The summed E-state index contributed by atoms with van der Waals surface area (Å²) in [5.74, 6) is 0. The first-order chi connectivity index (χ1) is 4.35. The van der Waals surface area contributed by atoms with Crippen LogP contribution in [0.15, 0.2) is 0 Å². The van der Waals surface area contributed by atoms with Gasteiger partial charge in [-0.25, -0.2) is 0 Å². The molecule has 0 aromatic heterocycles. The van der Waals surface area contributed by atoms with Crippen molar-refractivity contribution < 1.29 is 0 Å². The monoisotopic (exact) mass is 128 g/mol. The lowest BCUT2D eigenvalue weighted by molar-refractivity contribution is 0.300. The smallest absolute Gasteiger partial charge is 0.00190 e. The van der Waals surface area contributed by atoms with E-state index in [1.54, 1.807) is 0 Å². The van der Waals surface area contributed by atoms with E-state index in [4.69, 9.17) is 0 Å². The van der Waals surface area contributed by atoms with Crippen LogP contribution >= 0.6 is 0 Å². The summed E-state index contributed by atoms with van der Waals surface area (Å²) in [5.41, 5.74) is 0. The second-order valence-corrected chi connectivity index (χ2v) is 2.23. The lowest BCUT2D eigenvalue weighted by Crippen LogP contribution is -2.23. The van der Waals surface area contributed by atoms with E-state index in [9.17, 15) is 0 Å². The van der Waals surface area contributed by atoms with E-state index >= 15 is 0 Å². The van der Waals surface area contributed by atoms with Gasteiger partial charge in [0.2, 0.25) is 0 Å². The van der Waals surface area contributed by atoms with Crippen LogP contribution in [-0.4, -0.2) is 24.5 Å². The van der Waals surface area contributed by atoms with Gasteiger partial charge in [-0.2, -0.15) is 0 Å². The molecule has 0 rings (SSSR count). The van der Waals surface area contributed by atoms with E-state index in [0.717, 1.165) is 6.42 Å². The summed E-state index contributed by atoms with van der Waals surface area (Å²) in [4.78, 5) is 2.42. The number of hydrogen-bond acceptors (Lipinski definition) is 1. The lowest BCUT2D eigenvalue weighted by atomic mass is 10.3. The molecule has 0 saturated heterocycles. The zero-order valence-corrected chi connectivity index (χ0v) is 6.69. The van der Waals surface area contributed by atoms with Gasteiger partial charge in [-0.05, 0) is 26.1 Å². The van der Waals surface area contributed by atoms with Crippen LogP contribution in [0, 0.1) is 6.92 Å². The molecule has 0 atom stereocenters. The van der Waals surface area contributed by atoms with Crippen LogP contribution in [0.1, 0.15) is 26.7 Å². The zero-order valence-electron chi connectivity index (χ0n) is 6.69. The molecule has 0 amide bonds. The van der Waals surface area contributed by atoms with E-state index in [1.165, 1.54) is 26.1 Å². The molecule has 0 saturated carbocycles. The normalized spacial score (nSPS) is 10.7. The number of unbranched alkanes of at least 4 members (excludes halogenated alkanes) is 1. The Hall–Kier alpha value is -0.0400. The van der Waals surface area contributed by atoms with Crippen molar-refractivity contribution in [2.45, 2.75) is 26.7 Å². The van der Waals surface area contributed by atoms with Gasteiger partial charge in [0, 0.05) is 0 Å². The van der Waals surface area contributed by atoms with Crippen LogP contribution in [0.25, 0.3) is 0 Å². The summed E-state index contributed by atoms with van der Waals surface area (Å²) >= 11 is 0. The molecular formula is C8H18N. The van der Waals surface area contributed by atoms with Gasteiger partial charge >= 0.3 is 0 Å². The Balaban J connectivity index is 3.09. The lowest BCUT2D eigenvalue weighted by Gasteiger charge is -2.16. The summed E-state index contributed by atoms with van der Waals surface area (Å²) < 4.78 is 0. The highest BCUT2D eigenvalue weighted by Crippen LogP contribution is 1.92. The van der Waals surface area contributed by atoms with E-state index in [2.05, 4.69) is 25.7 Å². The molecule has 1 nitrogen and oxygen atoms in total. The Kier molecular flexibility index (Phi) is 6.06. The summed E-state index contributed by atoms with van der Waals surface area (Å²) in [7, 11) is 0. The molecule has 1 heteroatoms. The van der Waals surface area contributed by atoms with E-state index in [1.807, 2.05) is 0 Å². The van der Waals surface area contributed by atoms with Crippen molar-refractivity contribution in [3.8, 4) is 0 Å². The SMILES string of the molecule is [CH2]CCCN(CC)CC. The van der Waals surface area contributed by atoms with Crippen LogP contribution in [0.4, 0.5) is 0 Å². The topological polar surface area (TPSA) is 3.24 Å². The van der Waals surface area contributed by atoms with Crippen molar-refractivity contribution in [3.05, 3.63) is 6.92 Å². The van der Waals surface area contributed by atoms with E-state index < -0.39 is 0 Å². The van der Waals surface area contributed by atoms with Gasteiger partial charge in [0.05, 0.1) is 0 Å². The highest BCUT2D eigenvalue weighted by atomic mass is 15.1. The van der Waals surface area contributed by atoms with Gasteiger partial charge in [0.25, 0.3) is 0 Å². The largest absolute Gasteiger partial charge is 0.304 e. The standard InChI is InChI=1S/C8H18N/c1-4-7-8-9(5-2)6-3/h1,4-8H2,2-3H3. The van der Waals surface area contributed by atoms with Crippen LogP contribution < -0.4 is 0 Å². The van der Waals surface area contributed by atoms with Gasteiger partial charge in [0.1, 0.15) is 0 Å². The minimum absolute atomic E-state index is 1.07. The van der Waals surface area contributed by atoms with Crippen molar-refractivity contribution in [1.29, 1.82) is 0 Å². The van der Waals surface area contributed by atoms with Gasteiger partial charge in [-0.15, -0.1) is 0 Å². The van der Waals surface area contributed by atoms with Crippen LogP contribution in [0.2, 0.25) is 0 Å². The third-order valence-corrected chi connectivity index (χ3v) is 1.62. The van der Waals surface area contributed by atoms with Crippen LogP contribution in [0.3, 0.4) is 0 Å². The Labute approximate surface area is 59.1 Å².